The van der Waals surface area contributed by atoms with Crippen molar-refractivity contribution in [3.05, 3.63) is 36.0 Å². The van der Waals surface area contributed by atoms with Gasteiger partial charge in [0.25, 0.3) is 5.91 Å². The number of fused-ring (bicyclic) bond motifs is 1. The van der Waals surface area contributed by atoms with E-state index in [0.29, 0.717) is 24.0 Å². The van der Waals surface area contributed by atoms with Gasteiger partial charge in [0.15, 0.2) is 0 Å². The molecule has 4 rings (SSSR count). The minimum atomic E-state index is -0.200. The zero-order valence-electron chi connectivity index (χ0n) is 17.6. The van der Waals surface area contributed by atoms with Crippen LogP contribution in [-0.2, 0) is 4.79 Å². The first-order chi connectivity index (χ1) is 14.7. The lowest BCUT2D eigenvalue weighted by Gasteiger charge is -2.36. The number of ether oxygens (including phenoxy) is 1. The highest BCUT2D eigenvalue weighted by Gasteiger charge is 2.29. The molecule has 7 nitrogen and oxygen atoms in total. The van der Waals surface area contributed by atoms with E-state index in [2.05, 4.69) is 15.2 Å². The summed E-state index contributed by atoms with van der Waals surface area (Å²) >= 11 is 0. The number of amides is 2. The Morgan fingerprint density at radius 2 is 1.87 bits per heavy atom. The van der Waals surface area contributed by atoms with Crippen LogP contribution in [0.15, 0.2) is 30.3 Å². The number of carbonyl (C=O) groups is 2. The van der Waals surface area contributed by atoms with Gasteiger partial charge in [0.2, 0.25) is 11.8 Å². The van der Waals surface area contributed by atoms with Crippen molar-refractivity contribution >= 4 is 22.6 Å². The molecule has 7 heteroatoms. The summed E-state index contributed by atoms with van der Waals surface area (Å²) in [4.78, 5) is 33.8. The summed E-state index contributed by atoms with van der Waals surface area (Å²) in [6.45, 7) is 4.60. The fourth-order valence-corrected chi connectivity index (χ4v) is 4.48. The van der Waals surface area contributed by atoms with Crippen molar-refractivity contribution in [2.24, 2.45) is 5.92 Å². The van der Waals surface area contributed by atoms with E-state index in [-0.39, 0.29) is 11.8 Å². The molecule has 0 spiro atoms. The molecule has 2 heterocycles. The number of nitrogens with zero attached hydrogens (tertiary/aromatic N) is 3. The lowest BCUT2D eigenvalue weighted by molar-refractivity contribution is -0.137. The van der Waals surface area contributed by atoms with Gasteiger partial charge in [-0.2, -0.15) is 0 Å². The Labute approximate surface area is 177 Å². The molecule has 1 N–H and O–H groups in total. The largest absolute Gasteiger partial charge is 0.481 e. The van der Waals surface area contributed by atoms with Crippen molar-refractivity contribution in [3.8, 4) is 5.88 Å². The smallest absolute Gasteiger partial charge is 0.270 e. The van der Waals surface area contributed by atoms with Crippen molar-refractivity contribution in [1.29, 1.82) is 0 Å². The fraction of sp³-hybridized carbons (Fsp3) is 0.522. The number of piperazine rings is 1. The molecule has 2 aromatic rings. The summed E-state index contributed by atoms with van der Waals surface area (Å²) < 4.78 is 5.35. The number of methoxy groups -OCH3 is 1. The molecule has 160 valence electrons. The average Bonchev–Trinajstić information content (AvgIpc) is 3.33. The highest BCUT2D eigenvalue weighted by Crippen LogP contribution is 2.27. The molecular formula is C23H30N4O3. The standard InChI is InChI=1S/C23H30N4O3/c1-30-22-19-9-5-4-8-18(19)16-20(25-22)21(28)24-10-11-26-12-14-27(15-13-26)23(29)17-6-2-3-7-17/h4-5,8-9,16-17H,2-3,6-7,10-15H2,1H3,(H,24,28). The number of benzene rings is 1. The Morgan fingerprint density at radius 3 is 2.60 bits per heavy atom. The van der Waals surface area contributed by atoms with Crippen molar-refractivity contribution in [2.45, 2.75) is 25.7 Å². The molecule has 2 amide bonds. The summed E-state index contributed by atoms with van der Waals surface area (Å²) in [5.41, 5.74) is 0.359. The van der Waals surface area contributed by atoms with Gasteiger partial charge in [-0.3, -0.25) is 14.5 Å². The third-order valence-electron chi connectivity index (χ3n) is 6.23. The maximum Gasteiger partial charge on any atom is 0.270 e. The van der Waals surface area contributed by atoms with Crippen molar-refractivity contribution in [3.63, 3.8) is 0 Å². The second kappa shape index (κ2) is 9.43. The first kappa shape index (κ1) is 20.6. The zero-order valence-corrected chi connectivity index (χ0v) is 17.6. The Morgan fingerprint density at radius 1 is 1.13 bits per heavy atom. The summed E-state index contributed by atoms with van der Waals surface area (Å²) in [5.74, 6) is 0.856. The molecule has 1 saturated heterocycles. The number of carbonyl (C=O) groups excluding carboxylic acids is 2. The van der Waals surface area contributed by atoms with Crippen LogP contribution in [0.4, 0.5) is 0 Å². The number of pyridine rings is 1. The number of nitrogens with one attached hydrogen (secondary N) is 1. The average molecular weight is 411 g/mol. The van der Waals surface area contributed by atoms with Crippen molar-refractivity contribution < 1.29 is 14.3 Å². The third kappa shape index (κ3) is 4.56. The van der Waals surface area contributed by atoms with E-state index in [0.717, 1.165) is 56.3 Å². The third-order valence-corrected chi connectivity index (χ3v) is 6.23. The van der Waals surface area contributed by atoms with E-state index in [1.165, 1.54) is 12.8 Å². The summed E-state index contributed by atoms with van der Waals surface area (Å²) in [6, 6.07) is 9.52. The lowest BCUT2D eigenvalue weighted by Crippen LogP contribution is -2.51. The van der Waals surface area contributed by atoms with Gasteiger partial charge in [0, 0.05) is 50.6 Å². The Balaban J connectivity index is 1.25. The predicted octanol–water partition coefficient (Wildman–Crippen LogP) is 2.31. The summed E-state index contributed by atoms with van der Waals surface area (Å²) in [7, 11) is 1.56. The molecule has 1 aromatic carbocycles. The molecule has 0 atom stereocenters. The van der Waals surface area contributed by atoms with Gasteiger partial charge in [-0.25, -0.2) is 4.98 Å². The number of rotatable bonds is 6. The van der Waals surface area contributed by atoms with E-state index in [1.54, 1.807) is 13.2 Å². The Kier molecular flexibility index (Phi) is 6.47. The van der Waals surface area contributed by atoms with Gasteiger partial charge in [-0.15, -0.1) is 0 Å². The number of aromatic nitrogens is 1. The first-order valence-corrected chi connectivity index (χ1v) is 10.9. The van der Waals surface area contributed by atoms with E-state index in [9.17, 15) is 9.59 Å². The van der Waals surface area contributed by atoms with Gasteiger partial charge < -0.3 is 15.0 Å². The van der Waals surface area contributed by atoms with Crippen LogP contribution in [0.5, 0.6) is 5.88 Å². The fourth-order valence-electron chi connectivity index (χ4n) is 4.48. The zero-order chi connectivity index (χ0) is 20.9. The molecular weight excluding hydrogens is 380 g/mol. The van der Waals surface area contributed by atoms with Crippen molar-refractivity contribution in [1.82, 2.24) is 20.1 Å². The van der Waals surface area contributed by atoms with Gasteiger partial charge in [0.05, 0.1) is 7.11 Å². The lowest BCUT2D eigenvalue weighted by atomic mass is 10.1. The number of hydrogen-bond donors (Lipinski definition) is 1. The van der Waals surface area contributed by atoms with Crippen LogP contribution in [0.2, 0.25) is 0 Å². The molecule has 0 radical (unpaired) electrons. The first-order valence-electron chi connectivity index (χ1n) is 10.9. The molecule has 30 heavy (non-hydrogen) atoms. The molecule has 1 aliphatic heterocycles. The normalized spacial score (nSPS) is 18.0. The maximum atomic E-state index is 12.6. The van der Waals surface area contributed by atoms with E-state index < -0.39 is 0 Å². The van der Waals surface area contributed by atoms with Crippen LogP contribution in [0.1, 0.15) is 36.2 Å². The van der Waals surface area contributed by atoms with Crippen LogP contribution in [0.3, 0.4) is 0 Å². The van der Waals surface area contributed by atoms with Crippen LogP contribution in [-0.4, -0.2) is 73.0 Å². The molecule has 0 bridgehead atoms. The highest BCUT2D eigenvalue weighted by molar-refractivity contribution is 5.98. The minimum absolute atomic E-state index is 0.200. The Bertz CT molecular complexity index is 902. The molecule has 1 aliphatic carbocycles. The van der Waals surface area contributed by atoms with Gasteiger partial charge >= 0.3 is 0 Å². The highest BCUT2D eigenvalue weighted by atomic mass is 16.5. The predicted molar refractivity (Wildman–Crippen MR) is 116 cm³/mol. The van der Waals surface area contributed by atoms with Gasteiger partial charge in [-0.1, -0.05) is 31.0 Å². The van der Waals surface area contributed by atoms with Crippen molar-refractivity contribution in [2.75, 3.05) is 46.4 Å². The monoisotopic (exact) mass is 410 g/mol. The molecule has 2 fully saturated rings. The quantitative estimate of drug-likeness (QED) is 0.791. The van der Waals surface area contributed by atoms with Crippen LogP contribution in [0, 0.1) is 5.92 Å². The molecule has 2 aliphatic rings. The van der Waals surface area contributed by atoms with Crippen LogP contribution in [0.25, 0.3) is 10.8 Å². The minimum Gasteiger partial charge on any atom is -0.481 e. The number of hydrogen-bond acceptors (Lipinski definition) is 5. The molecule has 0 unspecified atom stereocenters. The second-order valence-electron chi connectivity index (χ2n) is 8.14. The maximum absolute atomic E-state index is 12.6. The van der Waals surface area contributed by atoms with Crippen LogP contribution >= 0.6 is 0 Å². The Hall–Kier alpha value is -2.67. The van der Waals surface area contributed by atoms with E-state index in [1.807, 2.05) is 29.2 Å². The van der Waals surface area contributed by atoms with E-state index >= 15 is 0 Å². The van der Waals surface area contributed by atoms with Crippen LogP contribution < -0.4 is 10.1 Å². The topological polar surface area (TPSA) is 74.8 Å². The molecule has 1 saturated carbocycles. The second-order valence-corrected chi connectivity index (χ2v) is 8.14. The molecule has 1 aromatic heterocycles. The van der Waals surface area contributed by atoms with Gasteiger partial charge in [0.1, 0.15) is 5.69 Å². The summed E-state index contributed by atoms with van der Waals surface area (Å²) in [5, 5.41) is 4.78. The van der Waals surface area contributed by atoms with Gasteiger partial charge in [-0.05, 0) is 30.4 Å². The summed E-state index contributed by atoms with van der Waals surface area (Å²) in [6.07, 6.45) is 4.49. The SMILES string of the molecule is COc1nc(C(=O)NCCN2CCN(C(=O)C3CCCC3)CC2)cc2ccccc12. The van der Waals surface area contributed by atoms with E-state index in [4.69, 9.17) is 4.74 Å².